The van der Waals surface area contributed by atoms with Gasteiger partial charge in [-0.1, -0.05) is 6.07 Å². The van der Waals surface area contributed by atoms with Crippen LogP contribution in [-0.4, -0.2) is 19.1 Å². The molecule has 0 spiro atoms. The van der Waals surface area contributed by atoms with Crippen LogP contribution in [0.15, 0.2) is 18.2 Å². The van der Waals surface area contributed by atoms with E-state index in [-0.39, 0.29) is 19.0 Å². The van der Waals surface area contributed by atoms with Gasteiger partial charge in [-0.25, -0.2) is 9.18 Å². The van der Waals surface area contributed by atoms with Crippen molar-refractivity contribution in [2.24, 2.45) is 0 Å². The van der Waals surface area contributed by atoms with Crippen LogP contribution >= 0.6 is 12.4 Å². The Hall–Kier alpha value is -1.70. The number of rotatable bonds is 2. The van der Waals surface area contributed by atoms with Crippen molar-refractivity contribution in [2.45, 2.75) is 12.4 Å². The lowest BCUT2D eigenvalue weighted by molar-refractivity contribution is -0.275. The number of nitrogens with one attached hydrogen (secondary N) is 1. The van der Waals surface area contributed by atoms with Crippen molar-refractivity contribution < 1.29 is 31.8 Å². The van der Waals surface area contributed by atoms with Crippen molar-refractivity contribution in [2.75, 3.05) is 6.61 Å². The molecule has 1 aromatic rings. The molecule has 1 atom stereocenters. The molecule has 2 rings (SSSR count). The zero-order valence-corrected chi connectivity index (χ0v) is 9.98. The van der Waals surface area contributed by atoms with E-state index < -0.39 is 30.1 Å². The molecule has 106 valence electrons. The number of hydrogen-bond acceptors (Lipinski definition) is 3. The van der Waals surface area contributed by atoms with Crippen LogP contribution in [0, 0.1) is 5.82 Å². The fraction of sp³-hybridized carbons (Fsp3) is 0.300. The quantitative estimate of drug-likeness (QED) is 0.854. The Labute approximate surface area is 111 Å². The Balaban J connectivity index is 0.00000180. The lowest BCUT2D eigenvalue weighted by atomic mass is 10.1. The molecular formula is C10H8ClF4NO3. The largest absolute Gasteiger partial charge is 0.573 e. The molecule has 0 saturated carbocycles. The molecule has 1 saturated heterocycles. The zero-order valence-electron chi connectivity index (χ0n) is 9.16. The third kappa shape index (κ3) is 3.88. The minimum Gasteiger partial charge on any atom is -0.447 e. The van der Waals surface area contributed by atoms with Crippen LogP contribution in [0.25, 0.3) is 0 Å². The molecule has 1 aliphatic rings. The first kappa shape index (κ1) is 15.4. The zero-order chi connectivity index (χ0) is 13.3. The van der Waals surface area contributed by atoms with E-state index in [9.17, 15) is 22.4 Å². The summed E-state index contributed by atoms with van der Waals surface area (Å²) in [7, 11) is 0. The van der Waals surface area contributed by atoms with Crippen LogP contribution in [-0.2, 0) is 4.74 Å². The monoisotopic (exact) mass is 301 g/mol. The van der Waals surface area contributed by atoms with Crippen LogP contribution in [0.5, 0.6) is 5.75 Å². The van der Waals surface area contributed by atoms with E-state index in [2.05, 4.69) is 14.8 Å². The summed E-state index contributed by atoms with van der Waals surface area (Å²) < 4.78 is 57.1. The van der Waals surface area contributed by atoms with E-state index >= 15 is 0 Å². The number of hydrogen-bond donors (Lipinski definition) is 1. The van der Waals surface area contributed by atoms with E-state index in [1.165, 1.54) is 6.07 Å². The third-order valence-electron chi connectivity index (χ3n) is 2.26. The van der Waals surface area contributed by atoms with Gasteiger partial charge in [-0.05, 0) is 17.7 Å². The Kier molecular flexibility index (Phi) is 4.46. The SMILES string of the molecule is Cl.O=C1N[C@H](c2ccc(OC(F)(F)F)c(F)c2)CO1. The van der Waals surface area contributed by atoms with E-state index in [4.69, 9.17) is 0 Å². The highest BCUT2D eigenvalue weighted by Gasteiger charge is 2.33. The number of carbonyl (C=O) groups excluding carboxylic acids is 1. The molecule has 0 bridgehead atoms. The smallest absolute Gasteiger partial charge is 0.447 e. The number of alkyl halides is 3. The van der Waals surface area contributed by atoms with Crippen molar-refractivity contribution >= 4 is 18.5 Å². The number of amides is 1. The summed E-state index contributed by atoms with van der Waals surface area (Å²) in [6.45, 7) is -0.00223. The van der Waals surface area contributed by atoms with Gasteiger partial charge in [0.25, 0.3) is 0 Å². The Morgan fingerprint density at radius 1 is 1.37 bits per heavy atom. The molecule has 9 heteroatoms. The highest BCUT2D eigenvalue weighted by molar-refractivity contribution is 5.85. The maximum Gasteiger partial charge on any atom is 0.573 e. The topological polar surface area (TPSA) is 47.6 Å². The maximum atomic E-state index is 13.4. The van der Waals surface area contributed by atoms with Crippen molar-refractivity contribution in [3.8, 4) is 5.75 Å². The summed E-state index contributed by atoms with van der Waals surface area (Å²) in [5, 5.41) is 2.37. The Bertz CT molecular complexity index is 480. The second-order valence-electron chi connectivity index (χ2n) is 3.53. The van der Waals surface area contributed by atoms with Crippen LogP contribution < -0.4 is 10.1 Å². The summed E-state index contributed by atoms with van der Waals surface area (Å²) >= 11 is 0. The molecule has 1 N–H and O–H groups in total. The van der Waals surface area contributed by atoms with Gasteiger partial charge in [-0.3, -0.25) is 0 Å². The van der Waals surface area contributed by atoms with E-state index in [0.29, 0.717) is 5.56 Å². The molecule has 0 radical (unpaired) electrons. The van der Waals surface area contributed by atoms with E-state index in [0.717, 1.165) is 12.1 Å². The molecule has 1 fully saturated rings. The predicted octanol–water partition coefficient (Wildman–Crippen LogP) is 2.93. The van der Waals surface area contributed by atoms with Crippen LogP contribution in [0.1, 0.15) is 11.6 Å². The van der Waals surface area contributed by atoms with Gasteiger partial charge < -0.3 is 14.8 Å². The van der Waals surface area contributed by atoms with Gasteiger partial charge in [0.15, 0.2) is 11.6 Å². The number of carbonyl (C=O) groups is 1. The fourth-order valence-corrected chi connectivity index (χ4v) is 1.51. The highest BCUT2D eigenvalue weighted by Crippen LogP contribution is 2.28. The van der Waals surface area contributed by atoms with Crippen LogP contribution in [0.3, 0.4) is 0 Å². The van der Waals surface area contributed by atoms with Gasteiger partial charge in [0.2, 0.25) is 0 Å². The lowest BCUT2D eigenvalue weighted by Crippen LogP contribution is -2.20. The maximum absolute atomic E-state index is 13.4. The molecule has 0 aromatic heterocycles. The summed E-state index contributed by atoms with van der Waals surface area (Å²) in [6.07, 6.45) is -5.61. The van der Waals surface area contributed by atoms with Crippen molar-refractivity contribution in [1.82, 2.24) is 5.32 Å². The van der Waals surface area contributed by atoms with E-state index in [1.807, 2.05) is 0 Å². The van der Waals surface area contributed by atoms with Crippen molar-refractivity contribution in [1.29, 1.82) is 0 Å². The number of benzene rings is 1. The second-order valence-corrected chi connectivity index (χ2v) is 3.53. The van der Waals surface area contributed by atoms with Crippen molar-refractivity contribution in [3.63, 3.8) is 0 Å². The van der Waals surface area contributed by atoms with Gasteiger partial charge >= 0.3 is 12.5 Å². The van der Waals surface area contributed by atoms with Gasteiger partial charge in [0.1, 0.15) is 6.61 Å². The minimum atomic E-state index is -4.95. The molecule has 0 aliphatic carbocycles. The average molecular weight is 302 g/mol. The second kappa shape index (κ2) is 5.52. The molecule has 1 heterocycles. The predicted molar refractivity (Wildman–Crippen MR) is 57.6 cm³/mol. The lowest BCUT2D eigenvalue weighted by Gasteiger charge is -2.12. The Morgan fingerprint density at radius 3 is 2.53 bits per heavy atom. The van der Waals surface area contributed by atoms with Crippen molar-refractivity contribution in [3.05, 3.63) is 29.6 Å². The normalized spacial score (nSPS) is 18.3. The van der Waals surface area contributed by atoms with Gasteiger partial charge in [-0.15, -0.1) is 25.6 Å². The first-order valence-corrected chi connectivity index (χ1v) is 4.83. The third-order valence-corrected chi connectivity index (χ3v) is 2.26. The first-order valence-electron chi connectivity index (χ1n) is 4.83. The number of halogens is 5. The molecule has 0 unspecified atom stereocenters. The van der Waals surface area contributed by atoms with Gasteiger partial charge in [0, 0.05) is 0 Å². The standard InChI is InChI=1S/C10H7F4NO3.ClH/c11-6-3-5(7-4-17-9(16)15-7)1-2-8(6)18-10(12,13)14;/h1-3,7H,4H2,(H,15,16);1H/t7-;/m0./s1. The first-order chi connectivity index (χ1) is 8.35. The minimum absolute atomic E-state index is 0. The van der Waals surface area contributed by atoms with Gasteiger partial charge in [0.05, 0.1) is 6.04 Å². The molecule has 19 heavy (non-hydrogen) atoms. The van der Waals surface area contributed by atoms with Crippen LogP contribution in [0.2, 0.25) is 0 Å². The van der Waals surface area contributed by atoms with Crippen LogP contribution in [0.4, 0.5) is 22.4 Å². The summed E-state index contributed by atoms with van der Waals surface area (Å²) in [4.78, 5) is 10.8. The fourth-order valence-electron chi connectivity index (χ4n) is 1.51. The summed E-state index contributed by atoms with van der Waals surface area (Å²) in [5.74, 6) is -2.08. The Morgan fingerprint density at radius 2 is 2.05 bits per heavy atom. The molecule has 1 aromatic carbocycles. The molecule has 1 amide bonds. The molecule has 1 aliphatic heterocycles. The summed E-state index contributed by atoms with van der Waals surface area (Å²) in [5.41, 5.74) is 0.299. The van der Waals surface area contributed by atoms with Gasteiger partial charge in [-0.2, -0.15) is 0 Å². The number of cyclic esters (lactones) is 1. The average Bonchev–Trinajstić information content (AvgIpc) is 2.66. The highest BCUT2D eigenvalue weighted by atomic mass is 35.5. The van der Waals surface area contributed by atoms with E-state index in [1.54, 1.807) is 0 Å². The number of alkyl carbamates (subject to hydrolysis) is 1. The summed E-state index contributed by atoms with van der Waals surface area (Å²) in [6, 6.07) is 2.36. The molecular weight excluding hydrogens is 294 g/mol. The number of ether oxygens (including phenoxy) is 2. The molecule has 4 nitrogen and oxygen atoms in total.